The second-order valence-corrected chi connectivity index (χ2v) is 46.9. The van der Waals surface area contributed by atoms with E-state index in [2.05, 4.69) is 200 Å². The zero-order chi connectivity index (χ0) is 73.5. The molecule has 12 unspecified atom stereocenters. The van der Waals surface area contributed by atoms with Crippen LogP contribution < -0.4 is 0 Å². The van der Waals surface area contributed by atoms with Gasteiger partial charge in [-0.05, 0) is 421 Å². The van der Waals surface area contributed by atoms with Gasteiger partial charge in [-0.1, -0.05) is 72.1 Å². The molecule has 0 aromatic rings. The Morgan fingerprint density at radius 2 is 0.624 bits per heavy atom. The van der Waals surface area contributed by atoms with Crippen LogP contribution >= 0.6 is 0 Å². The standard InChI is InChI=1S/C13H23N.C13H25N.2C12H23N.C12H22.2C11H21N.C10H19N/c1-11(2,3)14-8-7-12-5-4-6-13(12,9-12)10-14;1-13(2,3)14-9-11-5-4-6-12(10-14)8-7-11;1-12(2,3)13-9-8-10-4-6-11(13)7-5-10;1-12(2,3)13-8-7-10-5-4-6-11(13)9-10;1-12(2,3)11-9-5-4-6-10(11)8-7-9;1-11(2,3)12-8-9-4-6-10(12)7-5-9;1-11(2,3)12-9-5-4-6-10(12)8-7-9;1-10(2,3)11-7-8-4-5-9(11)6-8/h4-10H2,1-3H3;11-12H,4-10H2,1-3H3;2*10-11H,4-9H2,1-3H3;9-11H,4-8H2,1-3H3;2*9-10H,4-8H2,1-3H3;8-9H,4-7H2,1-3H3. The molecule has 19 fully saturated rings. The highest BCUT2D eigenvalue weighted by Crippen LogP contribution is 2.77. The van der Waals surface area contributed by atoms with Crippen LogP contribution in [0, 0.1) is 69.5 Å². The molecule has 0 radical (unpaired) electrons. The highest BCUT2D eigenvalue weighted by Gasteiger charge is 2.71. The fraction of sp³-hybridized carbons (Fsp3) is 1.00. The number of piperidine rings is 6. The third kappa shape index (κ3) is 21.7. The molecule has 0 aromatic carbocycles. The van der Waals surface area contributed by atoms with Crippen molar-refractivity contribution in [2.75, 3.05) is 52.4 Å². The Morgan fingerprint density at radius 1 is 0.248 bits per heavy atom. The summed E-state index contributed by atoms with van der Waals surface area (Å²) in [6.07, 6.45) is 55.1. The first-order chi connectivity index (χ1) is 47.0. The molecule has 9 saturated carbocycles. The molecule has 0 spiro atoms. The Bertz CT molecular complexity index is 2390. The first-order valence-corrected chi connectivity index (χ1v) is 45.4. The van der Waals surface area contributed by atoms with Crippen molar-refractivity contribution < 1.29 is 0 Å². The van der Waals surface area contributed by atoms with E-state index in [0.29, 0.717) is 44.2 Å². The lowest BCUT2D eigenvalue weighted by atomic mass is 9.66. The number of likely N-dealkylation sites (tertiary alicyclic amines) is 4. The predicted octanol–water partition coefficient (Wildman–Crippen LogP) is 24.0. The Labute approximate surface area is 631 Å². The zero-order valence-corrected chi connectivity index (χ0v) is 72.6. The van der Waals surface area contributed by atoms with Gasteiger partial charge in [0.1, 0.15) is 0 Å². The normalized spacial score (nSPS) is 38.8. The largest absolute Gasteiger partial charge is 0.298 e. The molecule has 7 heteroatoms. The van der Waals surface area contributed by atoms with Gasteiger partial charge in [0.2, 0.25) is 0 Å². The van der Waals surface area contributed by atoms with Crippen LogP contribution in [0.4, 0.5) is 0 Å². The van der Waals surface area contributed by atoms with Crippen LogP contribution in [0.1, 0.15) is 404 Å². The Morgan fingerprint density at radius 3 is 1.07 bits per heavy atom. The van der Waals surface area contributed by atoms with E-state index in [1.54, 1.807) is 12.8 Å². The number of rotatable bonds is 0. The van der Waals surface area contributed by atoms with Gasteiger partial charge in [0.05, 0.1) is 0 Å². The van der Waals surface area contributed by atoms with E-state index in [4.69, 9.17) is 0 Å². The predicted molar refractivity (Wildman–Crippen MR) is 439 cm³/mol. The minimum absolute atomic E-state index is 0.387. The Hall–Kier alpha value is -0.280. The van der Waals surface area contributed by atoms with E-state index in [9.17, 15) is 0 Å². The molecule has 19 aliphatic rings. The minimum Gasteiger partial charge on any atom is -0.298 e. The number of fused-ring (bicyclic) bond motifs is 18. The van der Waals surface area contributed by atoms with Crippen LogP contribution in [-0.4, -0.2) is 162 Å². The molecule has 101 heavy (non-hydrogen) atoms. The molecule has 0 aromatic heterocycles. The summed E-state index contributed by atoms with van der Waals surface area (Å²) in [6.45, 7) is 67.8. The molecule has 12 atom stereocenters. The van der Waals surface area contributed by atoms with Gasteiger partial charge in [0.25, 0.3) is 0 Å². The van der Waals surface area contributed by atoms with E-state index in [-0.39, 0.29) is 0 Å². The second-order valence-electron chi connectivity index (χ2n) is 46.9. The first-order valence-electron chi connectivity index (χ1n) is 45.4. The van der Waals surface area contributed by atoms with Gasteiger partial charge in [0.15, 0.2) is 0 Å². The molecule has 14 bridgehead atoms. The third-order valence-corrected chi connectivity index (χ3v) is 31.5. The average molecular weight is 1410 g/mol. The summed E-state index contributed by atoms with van der Waals surface area (Å²) in [5, 5.41) is 0. The lowest BCUT2D eigenvalue weighted by Gasteiger charge is -2.51. The van der Waals surface area contributed by atoms with Gasteiger partial charge in [0, 0.05) is 108 Å². The van der Waals surface area contributed by atoms with E-state index >= 15 is 0 Å². The van der Waals surface area contributed by atoms with Crippen molar-refractivity contribution in [2.45, 2.75) is 479 Å². The van der Waals surface area contributed by atoms with Gasteiger partial charge < -0.3 is 0 Å². The summed E-state index contributed by atoms with van der Waals surface area (Å²) in [5.74, 6) is 9.41. The van der Waals surface area contributed by atoms with Crippen molar-refractivity contribution in [2.24, 2.45) is 69.5 Å². The van der Waals surface area contributed by atoms with Crippen LogP contribution in [0.5, 0.6) is 0 Å². The van der Waals surface area contributed by atoms with Gasteiger partial charge in [-0.25, -0.2) is 0 Å². The smallest absolute Gasteiger partial charge is 0.0130 e. The lowest BCUT2D eigenvalue weighted by molar-refractivity contribution is -0.0163. The van der Waals surface area contributed by atoms with E-state index in [1.807, 2.05) is 0 Å². The van der Waals surface area contributed by atoms with Gasteiger partial charge in [-0.15, -0.1) is 0 Å². The van der Waals surface area contributed by atoms with Gasteiger partial charge in [-0.2, -0.15) is 0 Å². The summed E-state index contributed by atoms with van der Waals surface area (Å²) in [6, 6.07) is 5.49. The molecule has 0 amide bonds. The summed E-state index contributed by atoms with van der Waals surface area (Å²) in [5.41, 5.74) is 5.01. The molecule has 19 rings (SSSR count). The summed E-state index contributed by atoms with van der Waals surface area (Å²) in [7, 11) is 0. The van der Waals surface area contributed by atoms with Crippen molar-refractivity contribution in [1.82, 2.24) is 34.3 Å². The topological polar surface area (TPSA) is 22.7 Å². The van der Waals surface area contributed by atoms with Crippen molar-refractivity contribution in [1.29, 1.82) is 0 Å². The molecule has 9 aliphatic carbocycles. The fourth-order valence-electron chi connectivity index (χ4n) is 26.3. The summed E-state index contributed by atoms with van der Waals surface area (Å²) in [4.78, 5) is 19.1. The zero-order valence-electron chi connectivity index (χ0n) is 72.6. The highest BCUT2D eigenvalue weighted by atomic mass is 15.3. The van der Waals surface area contributed by atoms with E-state index < -0.39 is 0 Å². The summed E-state index contributed by atoms with van der Waals surface area (Å²) >= 11 is 0. The van der Waals surface area contributed by atoms with Crippen molar-refractivity contribution in [3.8, 4) is 0 Å². The first kappa shape index (κ1) is 83.2. The monoisotopic (exact) mass is 1400 g/mol. The van der Waals surface area contributed by atoms with Crippen LogP contribution in [0.2, 0.25) is 0 Å². The number of hydrogen-bond donors (Lipinski definition) is 0. The van der Waals surface area contributed by atoms with Crippen LogP contribution in [0.15, 0.2) is 0 Å². The quantitative estimate of drug-likeness (QED) is 0.238. The maximum absolute atomic E-state index is 2.77. The molecule has 10 saturated heterocycles. The van der Waals surface area contributed by atoms with Crippen LogP contribution in [0.25, 0.3) is 0 Å². The lowest BCUT2D eigenvalue weighted by Crippen LogP contribution is -2.56. The maximum Gasteiger partial charge on any atom is 0.0130 e. The average Bonchev–Trinajstić information content (AvgIpc) is 1.51. The van der Waals surface area contributed by atoms with Crippen molar-refractivity contribution in [3.63, 3.8) is 0 Å². The van der Waals surface area contributed by atoms with Gasteiger partial charge >= 0.3 is 0 Å². The van der Waals surface area contributed by atoms with E-state index in [0.717, 1.165) is 100 Å². The number of nitrogens with zero attached hydrogens (tertiary/aromatic N) is 7. The van der Waals surface area contributed by atoms with Crippen molar-refractivity contribution >= 4 is 0 Å². The SMILES string of the molecule is CC(C)(C)C1C2CCCC1CC2.CC(C)(C)N1C2CCCC1CC2.CC(C)(C)N1CC2CCC1C2.CC(C)(C)N1CC2CCC1CC2.CC(C)(C)N1CC2CCCC(CC2)C1.CC(C)(C)N1CCC23CCCC2(C1)C3.CC(C)(C)N1CCC2CCC1CC2.CC(C)(C)N1CCC2CCCC1C2. The molecule has 10 heterocycles. The third-order valence-electron chi connectivity index (χ3n) is 31.5. The fourth-order valence-corrected chi connectivity index (χ4v) is 26.3. The van der Waals surface area contributed by atoms with E-state index in [1.165, 1.54) is 277 Å². The molecule has 588 valence electrons. The van der Waals surface area contributed by atoms with Crippen molar-refractivity contribution in [3.05, 3.63) is 0 Å². The molecule has 0 N–H and O–H groups in total. The maximum atomic E-state index is 2.77. The summed E-state index contributed by atoms with van der Waals surface area (Å²) < 4.78 is 0. The molecular formula is C94H177N7. The minimum atomic E-state index is 0.387. The molecular weight excluding hydrogens is 1230 g/mol. The second kappa shape index (κ2) is 33.3. The Balaban J connectivity index is 0.000000125. The van der Waals surface area contributed by atoms with Crippen LogP contribution in [-0.2, 0) is 0 Å². The molecule has 10 aliphatic heterocycles. The molecule has 7 nitrogen and oxygen atoms in total. The number of hydrogen-bond acceptors (Lipinski definition) is 7. The van der Waals surface area contributed by atoms with Crippen LogP contribution in [0.3, 0.4) is 0 Å². The van der Waals surface area contributed by atoms with Gasteiger partial charge in [-0.3, -0.25) is 34.3 Å². The Kier molecular flexibility index (Phi) is 27.5. The highest BCUT2D eigenvalue weighted by molar-refractivity contribution is 5.21.